The van der Waals surface area contributed by atoms with Gasteiger partial charge in [-0.3, -0.25) is 0 Å². The molecule has 1 heterocycles. The number of rotatable bonds is 4. The molecule has 0 aromatic carbocycles. The Morgan fingerprint density at radius 3 is 2.77 bits per heavy atom. The van der Waals surface area contributed by atoms with Crippen LogP contribution in [0.2, 0.25) is 0 Å². The van der Waals surface area contributed by atoms with Gasteiger partial charge in [0.2, 0.25) is 6.29 Å². The van der Waals surface area contributed by atoms with Gasteiger partial charge in [0.15, 0.2) is 0 Å². The average molecular weight is 211 g/mol. The van der Waals surface area contributed by atoms with E-state index in [2.05, 4.69) is 0 Å². The van der Waals surface area contributed by atoms with Crippen LogP contribution in [-0.4, -0.2) is 38.0 Å². The van der Waals surface area contributed by atoms with Crippen molar-refractivity contribution in [1.82, 2.24) is 0 Å². The summed E-state index contributed by atoms with van der Waals surface area (Å²) in [5.74, 6) is 0. The molecule has 0 radical (unpaired) electrons. The fourth-order valence-corrected chi connectivity index (χ4v) is 1.42. The van der Waals surface area contributed by atoms with Gasteiger partial charge in [-0.1, -0.05) is 11.6 Å². The van der Waals surface area contributed by atoms with E-state index < -0.39 is 11.5 Å². The van der Waals surface area contributed by atoms with Gasteiger partial charge < -0.3 is 18.9 Å². The topological polar surface area (TPSA) is 36.9 Å². The van der Waals surface area contributed by atoms with Crippen molar-refractivity contribution in [2.75, 3.05) is 26.4 Å². The normalized spacial score (nSPS) is 34.8. The molecule has 78 valence electrons. The van der Waals surface area contributed by atoms with Crippen LogP contribution in [0, 0.1) is 0 Å². The lowest BCUT2D eigenvalue weighted by atomic mass is 10.5. The minimum Gasteiger partial charge on any atom is -0.347 e. The summed E-state index contributed by atoms with van der Waals surface area (Å²) >= 11 is 6.03. The summed E-state index contributed by atoms with van der Waals surface area (Å²) in [6.45, 7) is 5.57. The number of ether oxygens (including phenoxy) is 4. The first kappa shape index (κ1) is 11.2. The Morgan fingerprint density at radius 1 is 1.38 bits per heavy atom. The Labute approximate surface area is 83.0 Å². The molecule has 1 aliphatic rings. The van der Waals surface area contributed by atoms with Gasteiger partial charge in [-0.25, -0.2) is 0 Å². The Kier molecular flexibility index (Phi) is 4.41. The highest BCUT2D eigenvalue weighted by molar-refractivity contribution is 6.22. The third kappa shape index (κ3) is 2.79. The Hall–Kier alpha value is 0.130. The molecular formula is C8H15ClO4. The van der Waals surface area contributed by atoms with Crippen LogP contribution in [0.3, 0.4) is 0 Å². The second-order valence-electron chi connectivity index (χ2n) is 2.52. The summed E-state index contributed by atoms with van der Waals surface area (Å²) in [6.07, 6.45) is -0.645. The van der Waals surface area contributed by atoms with Crippen LogP contribution in [0.1, 0.15) is 13.8 Å². The average Bonchev–Trinajstić information content (AvgIpc) is 2.10. The van der Waals surface area contributed by atoms with Crippen LogP contribution in [0.5, 0.6) is 0 Å². The Bertz CT molecular complexity index is 149. The van der Waals surface area contributed by atoms with E-state index in [1.54, 1.807) is 0 Å². The van der Waals surface area contributed by atoms with Crippen LogP contribution >= 0.6 is 11.6 Å². The van der Waals surface area contributed by atoms with Gasteiger partial charge in [-0.2, -0.15) is 0 Å². The van der Waals surface area contributed by atoms with Gasteiger partial charge >= 0.3 is 5.25 Å². The molecule has 0 aromatic heterocycles. The van der Waals surface area contributed by atoms with Gasteiger partial charge in [0.1, 0.15) is 0 Å². The monoisotopic (exact) mass is 210 g/mol. The summed E-state index contributed by atoms with van der Waals surface area (Å²) in [5.41, 5.74) is 0. The molecule has 0 aromatic rings. The maximum atomic E-state index is 6.03. The smallest absolute Gasteiger partial charge is 0.301 e. The van der Waals surface area contributed by atoms with E-state index in [-0.39, 0.29) is 0 Å². The maximum absolute atomic E-state index is 6.03. The lowest BCUT2D eigenvalue weighted by Crippen LogP contribution is -2.50. The van der Waals surface area contributed by atoms with Crippen LogP contribution in [0.4, 0.5) is 0 Å². The molecule has 2 atom stereocenters. The highest BCUT2D eigenvalue weighted by Gasteiger charge is 2.43. The zero-order chi connectivity index (χ0) is 9.73. The molecule has 0 spiro atoms. The lowest BCUT2D eigenvalue weighted by molar-refractivity contribution is -0.342. The first-order chi connectivity index (χ1) is 6.23. The summed E-state index contributed by atoms with van der Waals surface area (Å²) in [4.78, 5) is 0. The van der Waals surface area contributed by atoms with Gasteiger partial charge in [-0.15, -0.1) is 0 Å². The molecule has 1 rings (SSSR count). The first-order valence-corrected chi connectivity index (χ1v) is 4.80. The maximum Gasteiger partial charge on any atom is 0.301 e. The van der Waals surface area contributed by atoms with Crippen molar-refractivity contribution in [2.24, 2.45) is 0 Å². The van der Waals surface area contributed by atoms with E-state index >= 15 is 0 Å². The second kappa shape index (κ2) is 5.12. The summed E-state index contributed by atoms with van der Waals surface area (Å²) in [5, 5.41) is -1.27. The van der Waals surface area contributed by atoms with Crippen LogP contribution < -0.4 is 0 Å². The lowest BCUT2D eigenvalue weighted by Gasteiger charge is -2.37. The Morgan fingerprint density at radius 2 is 2.15 bits per heavy atom. The largest absolute Gasteiger partial charge is 0.347 e. The van der Waals surface area contributed by atoms with Crippen molar-refractivity contribution >= 4 is 11.6 Å². The number of hydrogen-bond donors (Lipinski definition) is 0. The highest BCUT2D eigenvalue weighted by Crippen LogP contribution is 2.29. The molecule has 1 fully saturated rings. The van der Waals surface area contributed by atoms with Gasteiger partial charge in [0.25, 0.3) is 0 Å². The molecule has 0 aliphatic carbocycles. The highest BCUT2D eigenvalue weighted by atomic mass is 35.5. The predicted molar refractivity (Wildman–Crippen MR) is 47.5 cm³/mol. The summed E-state index contributed by atoms with van der Waals surface area (Å²) < 4.78 is 21.0. The molecule has 0 saturated carbocycles. The van der Waals surface area contributed by atoms with E-state index in [9.17, 15) is 0 Å². The minimum absolute atomic E-state index is 0.424. The third-order valence-corrected chi connectivity index (χ3v) is 1.99. The molecule has 0 bridgehead atoms. The fraction of sp³-hybridized carbons (Fsp3) is 1.00. The molecule has 0 N–H and O–H groups in total. The molecule has 1 aliphatic heterocycles. The fourth-order valence-electron chi connectivity index (χ4n) is 1.11. The van der Waals surface area contributed by atoms with Crippen molar-refractivity contribution < 1.29 is 18.9 Å². The van der Waals surface area contributed by atoms with Gasteiger partial charge in [-0.05, 0) is 13.8 Å². The molecule has 5 heteroatoms. The first-order valence-electron chi connectivity index (χ1n) is 4.43. The van der Waals surface area contributed by atoms with Crippen molar-refractivity contribution in [2.45, 2.75) is 25.4 Å². The summed E-state index contributed by atoms with van der Waals surface area (Å²) in [6, 6.07) is 0. The van der Waals surface area contributed by atoms with E-state index in [0.717, 1.165) is 0 Å². The quantitative estimate of drug-likeness (QED) is 0.656. The van der Waals surface area contributed by atoms with Gasteiger partial charge in [0.05, 0.1) is 13.2 Å². The molecule has 1 saturated heterocycles. The second-order valence-corrected chi connectivity index (χ2v) is 3.05. The number of halogens is 1. The number of alkyl halides is 1. The molecule has 13 heavy (non-hydrogen) atoms. The van der Waals surface area contributed by atoms with Crippen molar-refractivity contribution in [3.63, 3.8) is 0 Å². The van der Waals surface area contributed by atoms with Crippen LogP contribution in [-0.2, 0) is 18.9 Å². The molecule has 0 amide bonds. The van der Waals surface area contributed by atoms with E-state index in [0.29, 0.717) is 26.4 Å². The van der Waals surface area contributed by atoms with Crippen LogP contribution in [0.25, 0.3) is 0 Å². The van der Waals surface area contributed by atoms with Crippen molar-refractivity contribution in [3.05, 3.63) is 0 Å². The zero-order valence-electron chi connectivity index (χ0n) is 7.92. The van der Waals surface area contributed by atoms with Crippen molar-refractivity contribution in [3.8, 4) is 0 Å². The van der Waals surface area contributed by atoms with E-state index in [1.807, 2.05) is 13.8 Å². The van der Waals surface area contributed by atoms with Gasteiger partial charge in [0, 0.05) is 13.2 Å². The zero-order valence-corrected chi connectivity index (χ0v) is 8.67. The van der Waals surface area contributed by atoms with Crippen LogP contribution in [0.15, 0.2) is 0 Å². The predicted octanol–water partition coefficient (Wildman–Crippen LogP) is 1.32. The molecular weight excluding hydrogens is 196 g/mol. The molecule has 2 unspecified atom stereocenters. The standard InChI is InChI=1S/C8H15ClO4/c1-3-10-7-8(9,12-4-2)13-6-5-11-7/h7H,3-6H2,1-2H3. The van der Waals surface area contributed by atoms with Crippen molar-refractivity contribution in [1.29, 1.82) is 0 Å². The van der Waals surface area contributed by atoms with E-state index in [4.69, 9.17) is 30.5 Å². The third-order valence-electron chi connectivity index (χ3n) is 1.59. The molecule has 4 nitrogen and oxygen atoms in total. The Balaban J connectivity index is 2.54. The number of hydrogen-bond acceptors (Lipinski definition) is 4. The summed E-state index contributed by atoms with van der Waals surface area (Å²) in [7, 11) is 0. The SMILES string of the molecule is CCOC1OCCOC1(Cl)OCC. The minimum atomic E-state index is -1.27. The van der Waals surface area contributed by atoms with E-state index in [1.165, 1.54) is 0 Å².